The summed E-state index contributed by atoms with van der Waals surface area (Å²) in [4.78, 5) is 48.4. The van der Waals surface area contributed by atoms with Gasteiger partial charge in [0.25, 0.3) is 0 Å². The van der Waals surface area contributed by atoms with Crippen LogP contribution >= 0.6 is 0 Å². The van der Waals surface area contributed by atoms with Crippen LogP contribution in [0.3, 0.4) is 0 Å². The first-order valence-electron chi connectivity index (χ1n) is 46.4. The Labute approximate surface area is 802 Å². The van der Waals surface area contributed by atoms with Gasteiger partial charge in [-0.2, -0.15) is 0 Å². The van der Waals surface area contributed by atoms with Gasteiger partial charge in [-0.3, -0.25) is 4.98 Å². The second-order valence-corrected chi connectivity index (χ2v) is 34.3. The average molecular weight is 1800 g/mol. The predicted molar refractivity (Wildman–Crippen MR) is 568 cm³/mol. The molecule has 0 atom stereocenters. The van der Waals surface area contributed by atoms with Crippen LogP contribution in [-0.2, 0) is 0 Å². The molecule has 14 nitrogen and oxygen atoms in total. The summed E-state index contributed by atoms with van der Waals surface area (Å²) in [6, 6.07) is 155. The largest absolute Gasteiger partial charge is 0.456 e. The van der Waals surface area contributed by atoms with Crippen LogP contribution < -0.4 is 0 Å². The maximum absolute atomic E-state index is 6.31. The molecule has 10 aromatic heterocycles. The number of nitrogens with zero attached hydrogens (tertiary/aromatic N) is 10. The molecule has 0 spiro atoms. The molecule has 28 rings (SSSR count). The molecule has 18 aromatic carbocycles. The van der Waals surface area contributed by atoms with Crippen molar-refractivity contribution in [1.82, 2.24) is 49.8 Å². The molecule has 0 bridgehead atoms. The number of benzene rings is 18. The van der Waals surface area contributed by atoms with Crippen LogP contribution in [0.25, 0.3) is 267 Å². The Morgan fingerprint density at radius 1 is 0.164 bits per heavy atom. The number of aromatic nitrogens is 10. The molecule has 0 N–H and O–H groups in total. The third-order valence-corrected chi connectivity index (χ3v) is 25.7. The van der Waals surface area contributed by atoms with Crippen molar-refractivity contribution in [1.29, 1.82) is 0 Å². The Balaban J connectivity index is 0.0000000985. The Morgan fingerprint density at radius 2 is 0.521 bits per heavy atom. The van der Waals surface area contributed by atoms with E-state index in [2.05, 4.69) is 240 Å². The molecule has 0 unspecified atom stereocenters. The van der Waals surface area contributed by atoms with Crippen molar-refractivity contribution in [2.75, 3.05) is 0 Å². The highest BCUT2D eigenvalue weighted by Gasteiger charge is 2.24. The fourth-order valence-electron chi connectivity index (χ4n) is 19.1. The minimum atomic E-state index is 0.644. The monoisotopic (exact) mass is 1790 g/mol. The van der Waals surface area contributed by atoms with Gasteiger partial charge in [0.15, 0.2) is 17.3 Å². The Morgan fingerprint density at radius 3 is 1.02 bits per heavy atom. The van der Waals surface area contributed by atoms with E-state index in [1.807, 2.05) is 224 Å². The number of rotatable bonds is 12. The summed E-state index contributed by atoms with van der Waals surface area (Å²) in [5.74, 6) is 1.44. The molecule has 140 heavy (non-hydrogen) atoms. The highest BCUT2D eigenvalue weighted by molar-refractivity contribution is 6.16. The standard InChI is InChI=1S/2C32H20N2O.2C31H19N3O/c1-3-10-21(11-4-1)30-27-20-23(18-19-28(27)33-32(34-30)22-12-5-2-6-13-22)24-15-9-16-26-25-14-7-8-17-29(25)35-31(24)26;1-3-10-21(11-4-1)30-27-19-18-23(20-28(27)33-32(34-30)22-12-5-2-6-13-22)24-15-9-16-26-25-14-7-8-17-29(25)35-31(24)26;1-2-8-21(9-3-1)30-29(33-25-12-7-19-32-31(25)34-30)22-17-15-20(16-18-22)23-11-6-14-27-28(23)24-10-4-5-13-26(24)35-27;1-2-7-21(8-3-1)30-31(33-25-17-18-32-19-26(25)34-30)22-15-13-20(14-16-22)23-10-6-12-28-29(23)24-9-4-5-11-27(24)35-28/h2*1-20H;2*1-19H. The molecule has 14 heteroatoms. The molecule has 0 saturated carbocycles. The van der Waals surface area contributed by atoms with Gasteiger partial charge in [0, 0.05) is 122 Å². The van der Waals surface area contributed by atoms with Gasteiger partial charge in [-0.05, 0) is 112 Å². The van der Waals surface area contributed by atoms with Crippen molar-refractivity contribution in [3.8, 4) is 135 Å². The van der Waals surface area contributed by atoms with Crippen LogP contribution in [0, 0.1) is 0 Å². The van der Waals surface area contributed by atoms with E-state index in [-0.39, 0.29) is 0 Å². The first kappa shape index (κ1) is 82.7. The summed E-state index contributed by atoms with van der Waals surface area (Å²) in [6.45, 7) is 0. The maximum Gasteiger partial charge on any atom is 0.178 e. The lowest BCUT2D eigenvalue weighted by atomic mass is 9.97. The van der Waals surface area contributed by atoms with E-state index in [9.17, 15) is 0 Å². The summed E-state index contributed by atoms with van der Waals surface area (Å²) in [5.41, 5.74) is 34.3. The highest BCUT2D eigenvalue weighted by atomic mass is 16.3. The lowest BCUT2D eigenvalue weighted by Gasteiger charge is -2.11. The third-order valence-electron chi connectivity index (χ3n) is 25.7. The quantitative estimate of drug-likeness (QED) is 0.113. The molecule has 0 fully saturated rings. The van der Waals surface area contributed by atoms with E-state index in [1.165, 1.54) is 0 Å². The van der Waals surface area contributed by atoms with E-state index in [4.69, 9.17) is 57.5 Å². The van der Waals surface area contributed by atoms with E-state index in [1.54, 1.807) is 18.6 Å². The minimum absolute atomic E-state index is 0.644. The normalized spacial score (nSPS) is 11.4. The maximum atomic E-state index is 6.31. The molecule has 0 saturated heterocycles. The zero-order valence-electron chi connectivity index (χ0n) is 75.1. The first-order chi connectivity index (χ1) is 69.4. The molecular weight excluding hydrogens is 1720 g/mol. The Kier molecular flexibility index (Phi) is 21.3. The van der Waals surface area contributed by atoms with Crippen LogP contribution in [0.5, 0.6) is 0 Å². The lowest BCUT2D eigenvalue weighted by molar-refractivity contribution is 0.668. The van der Waals surface area contributed by atoms with Crippen LogP contribution in [0.2, 0.25) is 0 Å². The molecule has 0 radical (unpaired) electrons. The SMILES string of the molecule is c1ccc(-c2nc(-c3ccccc3)c3cc(-c4cccc5c4oc4ccccc45)ccc3n2)cc1.c1ccc(-c2nc(-c3ccccc3)c3ccc(-c4cccc5c4oc4ccccc45)cc3n2)cc1.c1ccc(-c2nc3cnccc3nc2-c2ccc(-c3cccc4oc5ccccc5c34)cc2)cc1.c1ccc(-c2nc3ncccc3nc2-c2ccc(-c3cccc4oc5ccccc5c34)cc2)cc1. The average Bonchev–Trinajstić information content (AvgIpc) is 1.72. The smallest absolute Gasteiger partial charge is 0.178 e. The van der Waals surface area contributed by atoms with Gasteiger partial charge in [-0.25, -0.2) is 44.9 Å². The summed E-state index contributed by atoms with van der Waals surface area (Å²) in [6.07, 6.45) is 5.26. The van der Waals surface area contributed by atoms with Crippen molar-refractivity contribution in [2.45, 2.75) is 0 Å². The fraction of sp³-hybridized carbons (Fsp3) is 0. The number of para-hydroxylation sites is 6. The van der Waals surface area contributed by atoms with E-state index < -0.39 is 0 Å². The number of hydrogen-bond donors (Lipinski definition) is 0. The Bertz CT molecular complexity index is 9280. The van der Waals surface area contributed by atoms with Gasteiger partial charge in [0.2, 0.25) is 0 Å². The van der Waals surface area contributed by atoms with E-state index in [0.29, 0.717) is 5.65 Å². The minimum Gasteiger partial charge on any atom is -0.456 e. The lowest BCUT2D eigenvalue weighted by Crippen LogP contribution is -1.96. The van der Waals surface area contributed by atoms with Crippen LogP contribution in [0.4, 0.5) is 0 Å². The van der Waals surface area contributed by atoms with Crippen molar-refractivity contribution < 1.29 is 17.7 Å². The summed E-state index contributed by atoms with van der Waals surface area (Å²) < 4.78 is 24.8. The van der Waals surface area contributed by atoms with Gasteiger partial charge in [0.05, 0.1) is 56.9 Å². The highest BCUT2D eigenvalue weighted by Crippen LogP contribution is 2.45. The molecule has 0 aliphatic carbocycles. The van der Waals surface area contributed by atoms with Crippen LogP contribution in [0.1, 0.15) is 0 Å². The van der Waals surface area contributed by atoms with Gasteiger partial charge >= 0.3 is 0 Å². The summed E-state index contributed by atoms with van der Waals surface area (Å²) >= 11 is 0. The van der Waals surface area contributed by atoms with Gasteiger partial charge in [-0.1, -0.05) is 376 Å². The number of pyridine rings is 2. The number of hydrogen-bond acceptors (Lipinski definition) is 14. The molecule has 28 aromatic rings. The van der Waals surface area contributed by atoms with Gasteiger partial charge in [0.1, 0.15) is 55.7 Å². The first-order valence-corrected chi connectivity index (χ1v) is 46.4. The van der Waals surface area contributed by atoms with Crippen LogP contribution in [-0.4, -0.2) is 49.8 Å². The zero-order valence-corrected chi connectivity index (χ0v) is 75.1. The van der Waals surface area contributed by atoms with Gasteiger partial charge < -0.3 is 17.7 Å². The van der Waals surface area contributed by atoms with Crippen molar-refractivity contribution in [3.63, 3.8) is 0 Å². The molecule has 10 heterocycles. The van der Waals surface area contributed by atoms with Crippen LogP contribution in [0.15, 0.2) is 491 Å². The van der Waals surface area contributed by atoms with Gasteiger partial charge in [-0.15, -0.1) is 0 Å². The second kappa shape index (κ2) is 36.0. The van der Waals surface area contributed by atoms with E-state index in [0.717, 1.165) is 261 Å². The predicted octanol–water partition coefficient (Wildman–Crippen LogP) is 32.9. The van der Waals surface area contributed by atoms with Crippen molar-refractivity contribution in [2.24, 2.45) is 0 Å². The topological polar surface area (TPSA) is 181 Å². The molecule has 0 aliphatic rings. The summed E-state index contributed by atoms with van der Waals surface area (Å²) in [7, 11) is 0. The fourth-order valence-corrected chi connectivity index (χ4v) is 19.1. The zero-order chi connectivity index (χ0) is 92.8. The van der Waals surface area contributed by atoms with E-state index >= 15 is 0 Å². The molecule has 0 amide bonds. The Hall–Kier alpha value is -19.2. The summed E-state index contributed by atoms with van der Waals surface area (Å²) in [5, 5.41) is 11.1. The third kappa shape index (κ3) is 15.6. The van der Waals surface area contributed by atoms with Crippen molar-refractivity contribution in [3.05, 3.63) is 474 Å². The second-order valence-electron chi connectivity index (χ2n) is 34.3. The van der Waals surface area contributed by atoms with Crippen molar-refractivity contribution >= 4 is 132 Å². The molecule has 656 valence electrons. The number of furan rings is 4. The molecular formula is C126H78N10O4. The number of fused-ring (bicyclic) bond motifs is 16. The molecule has 0 aliphatic heterocycles.